The van der Waals surface area contributed by atoms with Gasteiger partial charge in [0, 0.05) is 6.42 Å². The molecule has 1 saturated carbocycles. The minimum Gasteiger partial charge on any atom is -0.390 e. The van der Waals surface area contributed by atoms with Gasteiger partial charge in [-0.15, -0.1) is 0 Å². The normalized spacial score (nSPS) is 35.6. The van der Waals surface area contributed by atoms with E-state index in [1.54, 1.807) is 0 Å². The van der Waals surface area contributed by atoms with Gasteiger partial charge in [-0.3, -0.25) is 4.79 Å². The Bertz CT molecular complexity index is 335. The monoisotopic (exact) mass is 222 g/mol. The highest BCUT2D eigenvalue weighted by atomic mass is 16.3. The Morgan fingerprint density at radius 2 is 2.12 bits per heavy atom. The van der Waals surface area contributed by atoms with Gasteiger partial charge in [0.1, 0.15) is 0 Å². The number of ketones is 1. The van der Waals surface area contributed by atoms with Crippen LogP contribution in [0.3, 0.4) is 0 Å². The topological polar surface area (TPSA) is 37.3 Å². The average Bonchev–Trinajstić information content (AvgIpc) is 2.16. The van der Waals surface area contributed by atoms with Gasteiger partial charge in [-0.1, -0.05) is 12.5 Å². The van der Waals surface area contributed by atoms with Crippen LogP contribution in [0.2, 0.25) is 0 Å². The molecule has 0 aliphatic heterocycles. The molecule has 90 valence electrons. The maximum Gasteiger partial charge on any atom is 0.155 e. The molecule has 2 aliphatic rings. The second kappa shape index (κ2) is 3.69. The number of carbonyl (C=O) groups excluding carboxylic acids is 1. The number of aliphatic hydroxyl groups is 1. The summed E-state index contributed by atoms with van der Waals surface area (Å²) >= 11 is 0. The fourth-order valence-electron chi connectivity index (χ4n) is 3.05. The van der Waals surface area contributed by atoms with Crippen LogP contribution in [0, 0.1) is 11.3 Å². The molecular formula is C14H22O2. The second-order valence-corrected chi connectivity index (χ2v) is 6.29. The lowest BCUT2D eigenvalue weighted by molar-refractivity contribution is -0.116. The van der Waals surface area contributed by atoms with Crippen molar-refractivity contribution in [1.29, 1.82) is 0 Å². The predicted octanol–water partition coefficient (Wildman–Crippen LogP) is 2.85. The summed E-state index contributed by atoms with van der Waals surface area (Å²) in [6, 6.07) is 0. The minimum absolute atomic E-state index is 0.232. The molecule has 2 heteroatoms. The molecule has 2 nitrogen and oxygen atoms in total. The molecule has 0 heterocycles. The van der Waals surface area contributed by atoms with E-state index in [-0.39, 0.29) is 11.2 Å². The van der Waals surface area contributed by atoms with Crippen LogP contribution >= 0.6 is 0 Å². The Balaban J connectivity index is 2.22. The zero-order chi connectivity index (χ0) is 12.0. The first-order valence-corrected chi connectivity index (χ1v) is 6.27. The average molecular weight is 222 g/mol. The molecule has 2 unspecified atom stereocenters. The van der Waals surface area contributed by atoms with Crippen molar-refractivity contribution in [3.63, 3.8) is 0 Å². The summed E-state index contributed by atoms with van der Waals surface area (Å²) < 4.78 is 0. The maximum absolute atomic E-state index is 11.5. The molecule has 0 saturated heterocycles. The molecule has 2 rings (SSSR count). The highest BCUT2D eigenvalue weighted by Crippen LogP contribution is 2.50. The third-order valence-electron chi connectivity index (χ3n) is 4.54. The molecule has 0 aromatic heterocycles. The van der Waals surface area contributed by atoms with Crippen molar-refractivity contribution in [2.75, 3.05) is 0 Å². The van der Waals surface area contributed by atoms with Gasteiger partial charge in [0.05, 0.1) is 5.60 Å². The molecule has 0 aromatic rings. The highest BCUT2D eigenvalue weighted by molar-refractivity contribution is 5.91. The summed E-state index contributed by atoms with van der Waals surface area (Å²) in [7, 11) is 0. The van der Waals surface area contributed by atoms with Crippen LogP contribution in [0.25, 0.3) is 0 Å². The summed E-state index contributed by atoms with van der Waals surface area (Å²) in [4.78, 5) is 11.5. The SMILES string of the molecule is CC12CCC(=O)C=C1CC(C(C)(C)O)CC2. The molecule has 2 aliphatic carbocycles. The Hall–Kier alpha value is -0.630. The van der Waals surface area contributed by atoms with E-state index in [1.165, 1.54) is 5.57 Å². The number of allylic oxidation sites excluding steroid dienone is 2. The molecule has 0 bridgehead atoms. The van der Waals surface area contributed by atoms with E-state index in [0.29, 0.717) is 12.3 Å². The first kappa shape index (κ1) is 11.8. The van der Waals surface area contributed by atoms with E-state index in [4.69, 9.17) is 0 Å². The van der Waals surface area contributed by atoms with Gasteiger partial charge in [-0.2, -0.15) is 0 Å². The van der Waals surface area contributed by atoms with Crippen LogP contribution in [0.5, 0.6) is 0 Å². The van der Waals surface area contributed by atoms with Crippen LogP contribution in [0.15, 0.2) is 11.6 Å². The van der Waals surface area contributed by atoms with Crippen LogP contribution in [-0.2, 0) is 4.79 Å². The lowest BCUT2D eigenvalue weighted by Crippen LogP contribution is -2.39. The Morgan fingerprint density at radius 1 is 1.44 bits per heavy atom. The molecular weight excluding hydrogens is 200 g/mol. The lowest BCUT2D eigenvalue weighted by Gasteiger charge is -2.45. The fourth-order valence-corrected chi connectivity index (χ4v) is 3.05. The van der Waals surface area contributed by atoms with Gasteiger partial charge in [-0.25, -0.2) is 0 Å². The standard InChI is InChI=1S/C14H22O2/c1-13(2,16)10-4-6-14(3)7-5-12(15)9-11(14)8-10/h9-10,16H,4-8H2,1-3H3. The summed E-state index contributed by atoms with van der Waals surface area (Å²) in [6.07, 6.45) is 6.63. The van der Waals surface area contributed by atoms with E-state index in [0.717, 1.165) is 25.7 Å². The van der Waals surface area contributed by atoms with E-state index in [9.17, 15) is 9.90 Å². The fraction of sp³-hybridized carbons (Fsp3) is 0.786. The predicted molar refractivity (Wildman–Crippen MR) is 64.1 cm³/mol. The zero-order valence-corrected chi connectivity index (χ0v) is 10.5. The summed E-state index contributed by atoms with van der Waals surface area (Å²) in [5.41, 5.74) is 0.889. The van der Waals surface area contributed by atoms with Crippen molar-refractivity contribution in [2.24, 2.45) is 11.3 Å². The van der Waals surface area contributed by atoms with Crippen molar-refractivity contribution < 1.29 is 9.90 Å². The molecule has 0 amide bonds. The van der Waals surface area contributed by atoms with Crippen molar-refractivity contribution in [3.8, 4) is 0 Å². The quantitative estimate of drug-likeness (QED) is 0.740. The van der Waals surface area contributed by atoms with Crippen molar-refractivity contribution >= 4 is 5.78 Å². The van der Waals surface area contributed by atoms with Crippen LogP contribution < -0.4 is 0 Å². The van der Waals surface area contributed by atoms with Crippen LogP contribution in [0.1, 0.15) is 52.9 Å². The van der Waals surface area contributed by atoms with Gasteiger partial charge in [0.15, 0.2) is 5.78 Å². The minimum atomic E-state index is -0.622. The molecule has 1 fully saturated rings. The summed E-state index contributed by atoms with van der Waals surface area (Å²) in [6.45, 7) is 6.03. The smallest absolute Gasteiger partial charge is 0.155 e. The largest absolute Gasteiger partial charge is 0.390 e. The molecule has 0 aromatic carbocycles. The third kappa shape index (κ3) is 2.08. The van der Waals surface area contributed by atoms with Gasteiger partial charge in [-0.05, 0) is 56.9 Å². The second-order valence-electron chi connectivity index (χ2n) is 6.29. The first-order valence-electron chi connectivity index (χ1n) is 6.27. The Morgan fingerprint density at radius 3 is 2.75 bits per heavy atom. The molecule has 0 radical (unpaired) electrons. The van der Waals surface area contributed by atoms with Gasteiger partial charge >= 0.3 is 0 Å². The number of hydrogen-bond donors (Lipinski definition) is 1. The maximum atomic E-state index is 11.5. The van der Waals surface area contributed by atoms with Crippen LogP contribution in [-0.4, -0.2) is 16.5 Å². The summed E-state index contributed by atoms with van der Waals surface area (Å²) in [5.74, 6) is 0.571. The Kier molecular flexibility index (Phi) is 2.73. The number of fused-ring (bicyclic) bond motifs is 1. The van der Waals surface area contributed by atoms with Gasteiger partial charge < -0.3 is 5.11 Å². The van der Waals surface area contributed by atoms with Crippen LogP contribution in [0.4, 0.5) is 0 Å². The van der Waals surface area contributed by atoms with Gasteiger partial charge in [0.25, 0.3) is 0 Å². The van der Waals surface area contributed by atoms with Crippen molar-refractivity contribution in [3.05, 3.63) is 11.6 Å². The molecule has 1 N–H and O–H groups in total. The Labute approximate surface area is 97.7 Å². The van der Waals surface area contributed by atoms with E-state index in [2.05, 4.69) is 6.92 Å². The van der Waals surface area contributed by atoms with E-state index < -0.39 is 5.60 Å². The highest BCUT2D eigenvalue weighted by Gasteiger charge is 2.41. The van der Waals surface area contributed by atoms with E-state index in [1.807, 2.05) is 19.9 Å². The number of hydrogen-bond acceptors (Lipinski definition) is 2. The molecule has 16 heavy (non-hydrogen) atoms. The molecule has 2 atom stereocenters. The van der Waals surface area contributed by atoms with Crippen molar-refractivity contribution in [1.82, 2.24) is 0 Å². The number of rotatable bonds is 1. The summed E-state index contributed by atoms with van der Waals surface area (Å²) in [5, 5.41) is 10.1. The van der Waals surface area contributed by atoms with E-state index >= 15 is 0 Å². The van der Waals surface area contributed by atoms with Crippen molar-refractivity contribution in [2.45, 2.75) is 58.5 Å². The third-order valence-corrected chi connectivity index (χ3v) is 4.54. The first-order chi connectivity index (χ1) is 7.31. The molecule has 0 spiro atoms. The van der Waals surface area contributed by atoms with Gasteiger partial charge in [0.2, 0.25) is 0 Å². The number of carbonyl (C=O) groups is 1. The zero-order valence-electron chi connectivity index (χ0n) is 10.5. The lowest BCUT2D eigenvalue weighted by atomic mass is 9.61.